The van der Waals surface area contributed by atoms with Crippen LogP contribution in [-0.4, -0.2) is 4.58 Å². The van der Waals surface area contributed by atoms with Gasteiger partial charge in [0.25, 0.3) is 0 Å². The Hall–Kier alpha value is -0.0800. The van der Waals surface area contributed by atoms with Crippen LogP contribution in [0.15, 0.2) is 24.3 Å². The van der Waals surface area contributed by atoms with Crippen LogP contribution in [0.1, 0.15) is 17.9 Å². The molecule has 0 nitrogen and oxygen atoms in total. The predicted molar refractivity (Wildman–Crippen MR) is 51.6 cm³/mol. The van der Waals surface area contributed by atoms with Crippen molar-refractivity contribution in [3.8, 4) is 0 Å². The number of benzene rings is 1. The van der Waals surface area contributed by atoms with Gasteiger partial charge in [0.2, 0.25) is 0 Å². The molecule has 0 heterocycles. The van der Waals surface area contributed by atoms with Crippen LogP contribution in [0.25, 0.3) is 0 Å². The van der Waals surface area contributed by atoms with Gasteiger partial charge in [0.05, 0.1) is 0 Å². The van der Waals surface area contributed by atoms with E-state index >= 15 is 0 Å². The molecule has 0 N–H and O–H groups in total. The van der Waals surface area contributed by atoms with Gasteiger partial charge >= 0.3 is 0 Å². The summed E-state index contributed by atoms with van der Waals surface area (Å²) in [6.07, 6.45) is 0.525. The highest BCUT2D eigenvalue weighted by atomic mass is 79.9. The molecule has 0 saturated heterocycles. The summed E-state index contributed by atoms with van der Waals surface area (Å²) in [7, 11) is 0. The maximum absolute atomic E-state index is 13.2. The Morgan fingerprint density at radius 3 is 2.58 bits per heavy atom. The SMILES string of the molecule is FC1(Br)CC1c1ccccc1Cl. The third-order valence-electron chi connectivity index (χ3n) is 2.11. The summed E-state index contributed by atoms with van der Waals surface area (Å²) in [5, 5.41) is 0.654. The maximum Gasteiger partial charge on any atom is 0.172 e. The first kappa shape index (κ1) is 8.52. The normalized spacial score (nSPS) is 33.4. The van der Waals surface area contributed by atoms with Crippen LogP contribution in [0.3, 0.4) is 0 Å². The molecule has 0 amide bonds. The minimum atomic E-state index is -1.21. The highest BCUT2D eigenvalue weighted by Gasteiger charge is 2.54. The minimum Gasteiger partial charge on any atom is -0.231 e. The van der Waals surface area contributed by atoms with Crippen molar-refractivity contribution >= 4 is 27.5 Å². The molecule has 2 rings (SSSR count). The summed E-state index contributed by atoms with van der Waals surface area (Å²) < 4.78 is 12.0. The lowest BCUT2D eigenvalue weighted by atomic mass is 10.1. The first-order valence-corrected chi connectivity index (χ1v) is 4.90. The Morgan fingerprint density at radius 2 is 2.08 bits per heavy atom. The van der Waals surface area contributed by atoms with E-state index in [0.29, 0.717) is 11.4 Å². The van der Waals surface area contributed by atoms with E-state index in [0.717, 1.165) is 5.56 Å². The Morgan fingerprint density at radius 1 is 1.50 bits per heavy atom. The molecule has 1 saturated carbocycles. The van der Waals surface area contributed by atoms with Gasteiger partial charge in [-0.3, -0.25) is 0 Å². The quantitative estimate of drug-likeness (QED) is 0.663. The zero-order valence-corrected chi connectivity index (χ0v) is 8.57. The van der Waals surface area contributed by atoms with E-state index in [-0.39, 0.29) is 5.92 Å². The van der Waals surface area contributed by atoms with Crippen LogP contribution in [0.5, 0.6) is 0 Å². The molecule has 0 aromatic heterocycles. The fraction of sp³-hybridized carbons (Fsp3) is 0.333. The van der Waals surface area contributed by atoms with Crippen LogP contribution < -0.4 is 0 Å². The van der Waals surface area contributed by atoms with E-state index in [2.05, 4.69) is 15.9 Å². The standard InChI is InChI=1S/C9H7BrClF/c10-9(12)5-7(9)6-3-1-2-4-8(6)11/h1-4,7H,5H2. The molecule has 1 fully saturated rings. The molecule has 1 aromatic carbocycles. The van der Waals surface area contributed by atoms with Crippen molar-refractivity contribution in [1.29, 1.82) is 0 Å². The number of rotatable bonds is 1. The molecule has 3 heteroatoms. The molecule has 0 spiro atoms. The lowest BCUT2D eigenvalue weighted by molar-refractivity contribution is 0.436. The van der Waals surface area contributed by atoms with Crippen LogP contribution in [0, 0.1) is 0 Å². The van der Waals surface area contributed by atoms with E-state index in [4.69, 9.17) is 11.6 Å². The second kappa shape index (κ2) is 2.71. The van der Waals surface area contributed by atoms with Crippen LogP contribution in [-0.2, 0) is 0 Å². The van der Waals surface area contributed by atoms with E-state index in [1.807, 2.05) is 18.2 Å². The smallest absolute Gasteiger partial charge is 0.172 e. The highest BCUT2D eigenvalue weighted by molar-refractivity contribution is 9.10. The largest absolute Gasteiger partial charge is 0.231 e. The summed E-state index contributed by atoms with van der Waals surface area (Å²) in [6.45, 7) is 0. The van der Waals surface area contributed by atoms with Crippen molar-refractivity contribution < 1.29 is 4.39 Å². The maximum atomic E-state index is 13.2. The van der Waals surface area contributed by atoms with Gasteiger partial charge in [-0.2, -0.15) is 0 Å². The van der Waals surface area contributed by atoms with Gasteiger partial charge in [0.15, 0.2) is 4.58 Å². The van der Waals surface area contributed by atoms with Crippen LogP contribution in [0.2, 0.25) is 5.02 Å². The number of halogens is 3. The Kier molecular flexibility index (Phi) is 1.92. The summed E-state index contributed by atoms with van der Waals surface area (Å²) in [5.41, 5.74) is 0.901. The summed E-state index contributed by atoms with van der Waals surface area (Å²) in [6, 6.07) is 7.39. The van der Waals surface area contributed by atoms with Gasteiger partial charge in [0.1, 0.15) is 0 Å². The van der Waals surface area contributed by atoms with Crippen LogP contribution in [0.4, 0.5) is 4.39 Å². The first-order valence-electron chi connectivity index (χ1n) is 3.73. The zero-order valence-electron chi connectivity index (χ0n) is 6.23. The lowest BCUT2D eigenvalue weighted by Crippen LogP contribution is -1.90. The van der Waals surface area contributed by atoms with Crippen molar-refractivity contribution in [2.75, 3.05) is 0 Å². The highest BCUT2D eigenvalue weighted by Crippen LogP contribution is 2.59. The van der Waals surface area contributed by atoms with E-state index in [1.54, 1.807) is 6.07 Å². The molecule has 64 valence electrons. The monoisotopic (exact) mass is 248 g/mol. The van der Waals surface area contributed by atoms with Crippen molar-refractivity contribution in [3.63, 3.8) is 0 Å². The Balaban J connectivity index is 2.31. The molecule has 0 radical (unpaired) electrons. The van der Waals surface area contributed by atoms with E-state index < -0.39 is 4.58 Å². The topological polar surface area (TPSA) is 0 Å². The Labute approximate surface area is 83.9 Å². The van der Waals surface area contributed by atoms with E-state index in [9.17, 15) is 4.39 Å². The second-order valence-electron chi connectivity index (χ2n) is 3.04. The fourth-order valence-corrected chi connectivity index (χ4v) is 2.15. The molecule has 1 aliphatic rings. The first-order chi connectivity index (χ1) is 5.61. The number of hydrogen-bond acceptors (Lipinski definition) is 0. The third-order valence-corrected chi connectivity index (χ3v) is 3.33. The summed E-state index contributed by atoms with van der Waals surface area (Å²) in [5.74, 6) is -0.0637. The fourth-order valence-electron chi connectivity index (χ4n) is 1.31. The summed E-state index contributed by atoms with van der Waals surface area (Å²) in [4.78, 5) is 0. The number of hydrogen-bond donors (Lipinski definition) is 0. The van der Waals surface area contributed by atoms with Gasteiger partial charge in [-0.1, -0.05) is 29.8 Å². The van der Waals surface area contributed by atoms with Gasteiger partial charge in [0, 0.05) is 17.4 Å². The minimum absolute atomic E-state index is 0.0637. The summed E-state index contributed by atoms with van der Waals surface area (Å²) >= 11 is 8.90. The molecule has 2 atom stereocenters. The third kappa shape index (κ3) is 1.38. The predicted octanol–water partition coefficient (Wildman–Crippen LogP) is 3.89. The molecule has 1 aromatic rings. The lowest BCUT2D eigenvalue weighted by Gasteiger charge is -2.01. The van der Waals surface area contributed by atoms with Crippen molar-refractivity contribution in [2.45, 2.75) is 16.9 Å². The van der Waals surface area contributed by atoms with Crippen molar-refractivity contribution in [3.05, 3.63) is 34.9 Å². The van der Waals surface area contributed by atoms with Gasteiger partial charge in [-0.15, -0.1) is 0 Å². The Bertz CT molecular complexity index is 311. The van der Waals surface area contributed by atoms with Crippen LogP contribution >= 0.6 is 27.5 Å². The molecule has 2 unspecified atom stereocenters. The second-order valence-corrected chi connectivity index (χ2v) is 4.76. The van der Waals surface area contributed by atoms with Gasteiger partial charge in [-0.05, 0) is 27.6 Å². The van der Waals surface area contributed by atoms with Gasteiger partial charge in [-0.25, -0.2) is 4.39 Å². The molecule has 12 heavy (non-hydrogen) atoms. The molecule has 0 aliphatic heterocycles. The average molecular weight is 250 g/mol. The van der Waals surface area contributed by atoms with E-state index in [1.165, 1.54) is 0 Å². The van der Waals surface area contributed by atoms with Crippen molar-refractivity contribution in [2.24, 2.45) is 0 Å². The van der Waals surface area contributed by atoms with Crippen molar-refractivity contribution in [1.82, 2.24) is 0 Å². The molecule has 0 bridgehead atoms. The van der Waals surface area contributed by atoms with Gasteiger partial charge < -0.3 is 0 Å². The molecule has 1 aliphatic carbocycles. The zero-order chi connectivity index (χ0) is 8.77. The molecular formula is C9H7BrClF. The molecular weight excluding hydrogens is 242 g/mol. The number of alkyl halides is 2. The average Bonchev–Trinajstić information content (AvgIpc) is 2.61.